The van der Waals surface area contributed by atoms with Gasteiger partial charge in [-0.2, -0.15) is 5.26 Å². The van der Waals surface area contributed by atoms with Crippen molar-refractivity contribution in [1.82, 2.24) is 9.88 Å². The zero-order valence-electron chi connectivity index (χ0n) is 8.44. The Morgan fingerprint density at radius 2 is 2.53 bits per heavy atom. The summed E-state index contributed by atoms with van der Waals surface area (Å²) in [5, 5.41) is 8.73. The van der Waals surface area contributed by atoms with Gasteiger partial charge in [0.1, 0.15) is 0 Å². The summed E-state index contributed by atoms with van der Waals surface area (Å²) in [4.78, 5) is 16.4. The van der Waals surface area contributed by atoms with Crippen LogP contribution in [0.2, 0.25) is 0 Å². The van der Waals surface area contributed by atoms with Gasteiger partial charge in [-0.15, -0.1) is 0 Å². The average Bonchev–Trinajstić information content (AvgIpc) is 2.74. The Bertz CT molecular complexity index is 377. The molecular formula is C11H13N3O. The van der Waals surface area contributed by atoms with Crippen molar-refractivity contribution in [3.63, 3.8) is 0 Å². The molecule has 1 N–H and O–H groups in total. The quantitative estimate of drug-likeness (QED) is 0.787. The van der Waals surface area contributed by atoms with E-state index in [9.17, 15) is 4.79 Å². The van der Waals surface area contributed by atoms with Crippen LogP contribution in [0.15, 0.2) is 18.5 Å². The van der Waals surface area contributed by atoms with Crippen LogP contribution in [-0.2, 0) is 11.3 Å². The lowest BCUT2D eigenvalue weighted by atomic mass is 9.98. The van der Waals surface area contributed by atoms with Crippen LogP contribution in [0.1, 0.15) is 18.4 Å². The molecule has 0 aromatic carbocycles. The van der Waals surface area contributed by atoms with Crippen LogP contribution in [0.25, 0.3) is 0 Å². The number of carbonyl (C=O) groups is 1. The second-order valence-corrected chi connectivity index (χ2v) is 3.85. The predicted molar refractivity (Wildman–Crippen MR) is 54.5 cm³/mol. The molecule has 2 rings (SSSR count). The Morgan fingerprint density at radius 1 is 1.67 bits per heavy atom. The number of H-pyrrole nitrogens is 1. The second kappa shape index (κ2) is 4.18. The SMILES string of the molecule is N#CC1CCN(Cc2cc[nH]c2)C(=O)C1. The highest BCUT2D eigenvalue weighted by molar-refractivity contribution is 5.77. The largest absolute Gasteiger partial charge is 0.367 e. The normalized spacial score (nSPS) is 21.4. The van der Waals surface area contributed by atoms with Gasteiger partial charge >= 0.3 is 0 Å². The third-order valence-electron chi connectivity index (χ3n) is 2.74. The van der Waals surface area contributed by atoms with Gasteiger partial charge in [-0.05, 0) is 18.1 Å². The average molecular weight is 203 g/mol. The van der Waals surface area contributed by atoms with Gasteiger partial charge in [0.2, 0.25) is 5.91 Å². The highest BCUT2D eigenvalue weighted by atomic mass is 16.2. The number of likely N-dealkylation sites (tertiary alicyclic amines) is 1. The molecule has 1 amide bonds. The monoisotopic (exact) mass is 203 g/mol. The lowest BCUT2D eigenvalue weighted by molar-refractivity contribution is -0.134. The maximum Gasteiger partial charge on any atom is 0.224 e. The first-order valence-corrected chi connectivity index (χ1v) is 5.08. The molecule has 78 valence electrons. The summed E-state index contributed by atoms with van der Waals surface area (Å²) in [6.45, 7) is 1.35. The molecule has 4 nitrogen and oxygen atoms in total. The van der Waals surface area contributed by atoms with Crippen LogP contribution in [0.3, 0.4) is 0 Å². The number of carbonyl (C=O) groups excluding carboxylic acids is 1. The topological polar surface area (TPSA) is 59.9 Å². The first-order valence-electron chi connectivity index (χ1n) is 5.08. The number of aromatic amines is 1. The van der Waals surface area contributed by atoms with Crippen LogP contribution >= 0.6 is 0 Å². The molecule has 1 aromatic rings. The fourth-order valence-electron chi connectivity index (χ4n) is 1.83. The predicted octanol–water partition coefficient (Wildman–Crippen LogP) is 1.28. The molecule has 0 aliphatic carbocycles. The Labute approximate surface area is 88.5 Å². The van der Waals surface area contributed by atoms with Gasteiger partial charge in [0, 0.05) is 31.9 Å². The highest BCUT2D eigenvalue weighted by Gasteiger charge is 2.25. The van der Waals surface area contributed by atoms with E-state index in [2.05, 4.69) is 11.1 Å². The summed E-state index contributed by atoms with van der Waals surface area (Å²) in [6, 6.07) is 4.12. The first-order chi connectivity index (χ1) is 7.29. The van der Waals surface area contributed by atoms with Crippen LogP contribution in [0.4, 0.5) is 0 Å². The minimum absolute atomic E-state index is 0.0834. The van der Waals surface area contributed by atoms with E-state index in [1.165, 1.54) is 0 Å². The summed E-state index contributed by atoms with van der Waals surface area (Å²) < 4.78 is 0. The summed E-state index contributed by atoms with van der Waals surface area (Å²) in [5.41, 5.74) is 1.11. The van der Waals surface area contributed by atoms with Crippen molar-refractivity contribution in [1.29, 1.82) is 5.26 Å². The number of piperidine rings is 1. The number of amides is 1. The lowest BCUT2D eigenvalue weighted by Crippen LogP contribution is -2.37. The fourth-order valence-corrected chi connectivity index (χ4v) is 1.83. The number of hydrogen-bond donors (Lipinski definition) is 1. The van der Waals surface area contributed by atoms with Crippen LogP contribution in [0, 0.1) is 17.2 Å². The van der Waals surface area contributed by atoms with Crippen molar-refractivity contribution in [2.24, 2.45) is 5.92 Å². The molecule has 1 fully saturated rings. The van der Waals surface area contributed by atoms with E-state index in [1.54, 1.807) is 0 Å². The summed E-state index contributed by atoms with van der Waals surface area (Å²) in [5.74, 6) is 0.00831. The molecule has 1 aromatic heterocycles. The minimum Gasteiger partial charge on any atom is -0.367 e. The molecule has 1 aliphatic rings. The van der Waals surface area contributed by atoms with E-state index in [1.807, 2.05) is 23.4 Å². The molecule has 0 radical (unpaired) electrons. The van der Waals surface area contributed by atoms with Crippen molar-refractivity contribution in [2.45, 2.75) is 19.4 Å². The molecule has 4 heteroatoms. The lowest BCUT2D eigenvalue weighted by Gasteiger charge is -2.28. The molecule has 15 heavy (non-hydrogen) atoms. The summed E-state index contributed by atoms with van der Waals surface area (Å²) >= 11 is 0. The van der Waals surface area contributed by atoms with E-state index >= 15 is 0 Å². The third-order valence-corrected chi connectivity index (χ3v) is 2.74. The molecule has 1 atom stereocenters. The zero-order valence-corrected chi connectivity index (χ0v) is 8.44. The standard InChI is InChI=1S/C11H13N3O/c12-6-9-2-4-14(11(15)5-9)8-10-1-3-13-7-10/h1,3,7,9,13H,2,4-5,8H2. The number of nitriles is 1. The van der Waals surface area contributed by atoms with Crippen LogP contribution in [-0.4, -0.2) is 22.3 Å². The molecular weight excluding hydrogens is 190 g/mol. The molecule has 1 unspecified atom stereocenters. The summed E-state index contributed by atoms with van der Waals surface area (Å²) in [6.07, 6.45) is 4.92. The maximum absolute atomic E-state index is 11.7. The van der Waals surface area contributed by atoms with E-state index in [0.717, 1.165) is 12.0 Å². The van der Waals surface area contributed by atoms with Gasteiger partial charge in [-0.1, -0.05) is 0 Å². The van der Waals surface area contributed by atoms with E-state index < -0.39 is 0 Å². The Balaban J connectivity index is 1.95. The first kappa shape index (κ1) is 9.78. The number of hydrogen-bond acceptors (Lipinski definition) is 2. The van der Waals surface area contributed by atoms with Crippen molar-refractivity contribution in [3.8, 4) is 6.07 Å². The van der Waals surface area contributed by atoms with Gasteiger partial charge in [-0.25, -0.2) is 0 Å². The number of nitrogens with one attached hydrogen (secondary N) is 1. The van der Waals surface area contributed by atoms with Gasteiger partial charge in [0.25, 0.3) is 0 Å². The molecule has 0 bridgehead atoms. The number of nitrogens with zero attached hydrogens (tertiary/aromatic N) is 2. The van der Waals surface area contributed by atoms with Crippen molar-refractivity contribution >= 4 is 5.91 Å². The van der Waals surface area contributed by atoms with Crippen molar-refractivity contribution in [3.05, 3.63) is 24.0 Å². The van der Waals surface area contributed by atoms with Crippen molar-refractivity contribution < 1.29 is 4.79 Å². The highest BCUT2D eigenvalue weighted by Crippen LogP contribution is 2.19. The number of aromatic nitrogens is 1. The molecule has 0 saturated carbocycles. The second-order valence-electron chi connectivity index (χ2n) is 3.85. The van der Waals surface area contributed by atoms with Gasteiger partial charge in [-0.3, -0.25) is 4.79 Å². The Kier molecular flexibility index (Phi) is 2.72. The van der Waals surface area contributed by atoms with E-state index in [0.29, 0.717) is 19.5 Å². The zero-order chi connectivity index (χ0) is 10.7. The van der Waals surface area contributed by atoms with Crippen LogP contribution < -0.4 is 0 Å². The minimum atomic E-state index is -0.0834. The smallest absolute Gasteiger partial charge is 0.224 e. The van der Waals surface area contributed by atoms with E-state index in [-0.39, 0.29) is 11.8 Å². The molecule has 0 spiro atoms. The van der Waals surface area contributed by atoms with Crippen LogP contribution in [0.5, 0.6) is 0 Å². The third kappa shape index (κ3) is 2.18. The van der Waals surface area contributed by atoms with E-state index in [4.69, 9.17) is 5.26 Å². The molecule has 2 heterocycles. The summed E-state index contributed by atoms with van der Waals surface area (Å²) in [7, 11) is 0. The molecule has 1 saturated heterocycles. The fraction of sp³-hybridized carbons (Fsp3) is 0.455. The maximum atomic E-state index is 11.7. The Hall–Kier alpha value is -1.76. The van der Waals surface area contributed by atoms with Gasteiger partial charge in [0.15, 0.2) is 0 Å². The van der Waals surface area contributed by atoms with Gasteiger partial charge < -0.3 is 9.88 Å². The molecule has 1 aliphatic heterocycles. The van der Waals surface area contributed by atoms with Crippen molar-refractivity contribution in [2.75, 3.05) is 6.54 Å². The number of rotatable bonds is 2. The van der Waals surface area contributed by atoms with Gasteiger partial charge in [0.05, 0.1) is 12.0 Å². The Morgan fingerprint density at radius 3 is 3.13 bits per heavy atom.